The molecule has 0 radical (unpaired) electrons. The van der Waals surface area contributed by atoms with E-state index in [1.165, 1.54) is 0 Å². The van der Waals surface area contributed by atoms with Crippen molar-refractivity contribution in [1.29, 1.82) is 0 Å². The molecule has 0 bridgehead atoms. The molecular weight excluding hydrogens is 354 g/mol. The molecule has 3 rings (SSSR count). The van der Waals surface area contributed by atoms with E-state index in [4.69, 9.17) is 0 Å². The molecule has 1 fully saturated rings. The average Bonchev–Trinajstić information content (AvgIpc) is 3.27. The van der Waals surface area contributed by atoms with E-state index in [0.29, 0.717) is 29.8 Å². The quantitative estimate of drug-likeness (QED) is 0.863. The maximum absolute atomic E-state index is 13.5. The van der Waals surface area contributed by atoms with Crippen molar-refractivity contribution in [2.24, 2.45) is 0 Å². The lowest BCUT2D eigenvalue weighted by Crippen LogP contribution is -2.50. The number of amides is 1. The molecule has 6 heteroatoms. The van der Waals surface area contributed by atoms with Gasteiger partial charge in [0, 0.05) is 4.88 Å². The van der Waals surface area contributed by atoms with E-state index in [9.17, 15) is 13.2 Å². The van der Waals surface area contributed by atoms with Crippen LogP contribution in [-0.2, 0) is 21.2 Å². The van der Waals surface area contributed by atoms with Gasteiger partial charge in [-0.3, -0.25) is 4.79 Å². The van der Waals surface area contributed by atoms with Crippen molar-refractivity contribution in [1.82, 2.24) is 5.32 Å². The van der Waals surface area contributed by atoms with E-state index in [1.54, 1.807) is 24.3 Å². The molecule has 134 valence electrons. The fourth-order valence-electron chi connectivity index (χ4n) is 3.51. The van der Waals surface area contributed by atoms with Gasteiger partial charge in [0.05, 0.1) is 11.4 Å². The summed E-state index contributed by atoms with van der Waals surface area (Å²) >= 11 is 1.55. The van der Waals surface area contributed by atoms with Crippen molar-refractivity contribution in [2.75, 3.05) is 0 Å². The first-order valence-corrected chi connectivity index (χ1v) is 10.9. The lowest BCUT2D eigenvalue weighted by molar-refractivity contribution is -0.123. The van der Waals surface area contributed by atoms with Gasteiger partial charge in [0.25, 0.3) is 0 Å². The molecule has 0 atom stereocenters. The zero-order chi connectivity index (χ0) is 18.1. The standard InChI is InChI=1S/C19H23NO3S2/c1-14-7-8-15(2)17(12-14)25(22,23)19(9-3-4-10-19)18(21)20-13-16-6-5-11-24-16/h5-8,11-12H,3-4,9-10,13H2,1-2H3,(H,20,21). The zero-order valence-electron chi connectivity index (χ0n) is 14.5. The van der Waals surface area contributed by atoms with E-state index in [0.717, 1.165) is 23.3 Å². The van der Waals surface area contributed by atoms with E-state index in [1.807, 2.05) is 36.6 Å². The molecule has 2 aromatic rings. The van der Waals surface area contributed by atoms with E-state index in [-0.39, 0.29) is 5.91 Å². The van der Waals surface area contributed by atoms with Gasteiger partial charge in [-0.2, -0.15) is 0 Å². The number of carbonyl (C=O) groups is 1. The van der Waals surface area contributed by atoms with Crippen molar-refractivity contribution in [3.05, 3.63) is 51.7 Å². The number of rotatable bonds is 5. The number of hydrogen-bond donors (Lipinski definition) is 1. The smallest absolute Gasteiger partial charge is 0.242 e. The first-order valence-electron chi connectivity index (χ1n) is 8.49. The largest absolute Gasteiger partial charge is 0.350 e. The number of benzene rings is 1. The highest BCUT2D eigenvalue weighted by molar-refractivity contribution is 7.93. The monoisotopic (exact) mass is 377 g/mol. The van der Waals surface area contributed by atoms with Crippen LogP contribution in [-0.4, -0.2) is 19.1 Å². The van der Waals surface area contributed by atoms with Gasteiger partial charge in [-0.25, -0.2) is 8.42 Å². The maximum atomic E-state index is 13.5. The summed E-state index contributed by atoms with van der Waals surface area (Å²) in [5.41, 5.74) is 1.58. The van der Waals surface area contributed by atoms with Gasteiger partial charge in [0.2, 0.25) is 5.91 Å². The van der Waals surface area contributed by atoms with Crippen LogP contribution in [0.3, 0.4) is 0 Å². The summed E-state index contributed by atoms with van der Waals surface area (Å²) in [6.07, 6.45) is 2.30. The molecule has 1 aromatic carbocycles. The zero-order valence-corrected chi connectivity index (χ0v) is 16.2. The highest BCUT2D eigenvalue weighted by Crippen LogP contribution is 2.41. The minimum atomic E-state index is -3.75. The highest BCUT2D eigenvalue weighted by Gasteiger charge is 2.53. The van der Waals surface area contributed by atoms with Crippen LogP contribution in [0.2, 0.25) is 0 Å². The Morgan fingerprint density at radius 1 is 1.20 bits per heavy atom. The Labute approximate surface area is 153 Å². The minimum Gasteiger partial charge on any atom is -0.350 e. The third-order valence-electron chi connectivity index (χ3n) is 4.98. The normalized spacial score (nSPS) is 16.7. The van der Waals surface area contributed by atoms with Crippen LogP contribution in [0.4, 0.5) is 0 Å². The van der Waals surface area contributed by atoms with Crippen LogP contribution in [0.25, 0.3) is 0 Å². The number of nitrogens with one attached hydrogen (secondary N) is 1. The second-order valence-electron chi connectivity index (χ2n) is 6.74. The summed E-state index contributed by atoms with van der Waals surface area (Å²) in [6.45, 7) is 4.04. The molecular formula is C19H23NO3S2. The molecule has 1 N–H and O–H groups in total. The van der Waals surface area contributed by atoms with E-state index >= 15 is 0 Å². The maximum Gasteiger partial charge on any atom is 0.242 e. The molecule has 4 nitrogen and oxygen atoms in total. The van der Waals surface area contributed by atoms with Crippen LogP contribution < -0.4 is 5.32 Å². The van der Waals surface area contributed by atoms with Gasteiger partial charge in [0.1, 0.15) is 0 Å². The van der Waals surface area contributed by atoms with Gasteiger partial charge in [-0.15, -0.1) is 11.3 Å². The van der Waals surface area contributed by atoms with Gasteiger partial charge >= 0.3 is 0 Å². The lowest BCUT2D eigenvalue weighted by atomic mass is 10.1. The van der Waals surface area contributed by atoms with Gasteiger partial charge in [-0.05, 0) is 55.3 Å². The van der Waals surface area contributed by atoms with Gasteiger partial charge in [-0.1, -0.05) is 31.0 Å². The molecule has 0 spiro atoms. The van der Waals surface area contributed by atoms with E-state index < -0.39 is 14.6 Å². The molecule has 1 aromatic heterocycles. The molecule has 0 aliphatic heterocycles. The first-order chi connectivity index (χ1) is 11.9. The molecule has 0 unspecified atom stereocenters. The van der Waals surface area contributed by atoms with Crippen molar-refractivity contribution in [3.63, 3.8) is 0 Å². The Morgan fingerprint density at radius 3 is 2.56 bits per heavy atom. The topological polar surface area (TPSA) is 63.2 Å². The van der Waals surface area contributed by atoms with Gasteiger partial charge < -0.3 is 5.32 Å². The number of thiophene rings is 1. The first kappa shape index (κ1) is 18.1. The van der Waals surface area contributed by atoms with Crippen LogP contribution in [0.15, 0.2) is 40.6 Å². The Morgan fingerprint density at radius 2 is 1.92 bits per heavy atom. The summed E-state index contributed by atoms with van der Waals surface area (Å²) in [6, 6.07) is 9.26. The summed E-state index contributed by atoms with van der Waals surface area (Å²) < 4.78 is 25.6. The molecule has 0 saturated heterocycles. The second-order valence-corrected chi connectivity index (χ2v) is 10.00. The summed E-state index contributed by atoms with van der Waals surface area (Å²) in [5, 5.41) is 4.81. The predicted octanol–water partition coefficient (Wildman–Crippen LogP) is 3.77. The summed E-state index contributed by atoms with van der Waals surface area (Å²) in [7, 11) is -3.75. The predicted molar refractivity (Wildman–Crippen MR) is 100 cm³/mol. The van der Waals surface area contributed by atoms with Crippen molar-refractivity contribution in [2.45, 2.75) is 55.7 Å². The third-order valence-corrected chi connectivity index (χ3v) is 8.49. The molecule has 1 aliphatic rings. The molecule has 1 amide bonds. The third kappa shape index (κ3) is 3.25. The van der Waals surface area contributed by atoms with Crippen LogP contribution in [0, 0.1) is 13.8 Å². The lowest BCUT2D eigenvalue weighted by Gasteiger charge is -2.28. The Hall–Kier alpha value is -1.66. The molecule has 1 heterocycles. The molecule has 1 aliphatic carbocycles. The van der Waals surface area contributed by atoms with Gasteiger partial charge in [0.15, 0.2) is 14.6 Å². The van der Waals surface area contributed by atoms with E-state index in [2.05, 4.69) is 5.32 Å². The molecule has 1 saturated carbocycles. The number of aryl methyl sites for hydroxylation is 2. The van der Waals surface area contributed by atoms with Crippen molar-refractivity contribution in [3.8, 4) is 0 Å². The number of carbonyl (C=O) groups excluding carboxylic acids is 1. The fraction of sp³-hybridized carbons (Fsp3) is 0.421. The Bertz CT molecular complexity index is 864. The second kappa shape index (κ2) is 6.92. The Kier molecular flexibility index (Phi) is 5.02. The fourth-order valence-corrected chi connectivity index (χ4v) is 6.55. The summed E-state index contributed by atoms with van der Waals surface area (Å²) in [5.74, 6) is -0.362. The number of hydrogen-bond acceptors (Lipinski definition) is 4. The highest BCUT2D eigenvalue weighted by atomic mass is 32.2. The van der Waals surface area contributed by atoms with Crippen molar-refractivity contribution < 1.29 is 13.2 Å². The molecule has 25 heavy (non-hydrogen) atoms. The summed E-state index contributed by atoms with van der Waals surface area (Å²) in [4.78, 5) is 14.3. The minimum absolute atomic E-state index is 0.292. The van der Waals surface area contributed by atoms with Crippen molar-refractivity contribution >= 4 is 27.1 Å². The average molecular weight is 378 g/mol. The van der Waals surface area contributed by atoms with Crippen LogP contribution in [0.1, 0.15) is 41.7 Å². The van der Waals surface area contributed by atoms with Crippen LogP contribution in [0.5, 0.6) is 0 Å². The Balaban J connectivity index is 1.96. The SMILES string of the molecule is Cc1ccc(C)c(S(=O)(=O)C2(C(=O)NCc3cccs3)CCCC2)c1. The number of sulfone groups is 1. The van der Waals surface area contributed by atoms with Crippen LogP contribution >= 0.6 is 11.3 Å².